The number of thiophene rings is 1. The molecule has 2 aliphatic rings. The summed E-state index contributed by atoms with van der Waals surface area (Å²) in [4.78, 5) is 30.1. The molecule has 2 N–H and O–H groups in total. The average Bonchev–Trinajstić information content (AvgIpc) is 3.21. The lowest BCUT2D eigenvalue weighted by molar-refractivity contribution is 0.0302. The van der Waals surface area contributed by atoms with E-state index in [4.69, 9.17) is 4.74 Å². The predicted molar refractivity (Wildman–Crippen MR) is 149 cm³/mol. The molecule has 0 unspecified atom stereocenters. The van der Waals surface area contributed by atoms with Gasteiger partial charge < -0.3 is 20.3 Å². The maximum atomic E-state index is 13.8. The number of amides is 2. The monoisotopic (exact) mass is 562 g/mol. The van der Waals surface area contributed by atoms with Gasteiger partial charge in [-0.15, -0.1) is 11.3 Å². The van der Waals surface area contributed by atoms with Gasteiger partial charge in [-0.1, -0.05) is 13.8 Å². The van der Waals surface area contributed by atoms with Crippen molar-refractivity contribution in [2.75, 3.05) is 44.7 Å². The van der Waals surface area contributed by atoms with E-state index in [9.17, 15) is 18.0 Å². The molecule has 3 heterocycles. The molecule has 0 aliphatic carbocycles. The Morgan fingerprint density at radius 3 is 2.26 bits per heavy atom. The number of carbonyl (C=O) groups excluding carboxylic acids is 2. The molecule has 0 atom stereocenters. The number of hydrogen-bond acceptors (Lipinski definition) is 7. The standard InChI is InChI=1S/C27H38N4O5S2/c1-7-31(8-2)38(34,35)19-11-9-18(10-12-19)23(32)28-24-21(25(33)30-13-15-36-16-14-30)20-17-26(3,4)29-27(5,6)22(20)37-24/h9-12,29H,7-8,13-17H2,1-6H3,(H,28,32). The van der Waals surface area contributed by atoms with Crippen LogP contribution in [-0.4, -0.2) is 74.4 Å². The fraction of sp³-hybridized carbons (Fsp3) is 0.556. The number of rotatable bonds is 7. The number of sulfonamides is 1. The highest BCUT2D eigenvalue weighted by Crippen LogP contribution is 2.45. The molecule has 11 heteroatoms. The summed E-state index contributed by atoms with van der Waals surface area (Å²) in [6.07, 6.45) is 0.654. The minimum absolute atomic E-state index is 0.102. The predicted octanol–water partition coefficient (Wildman–Crippen LogP) is 3.66. The maximum Gasteiger partial charge on any atom is 0.257 e. The van der Waals surface area contributed by atoms with Crippen LogP contribution in [0.2, 0.25) is 0 Å². The molecule has 38 heavy (non-hydrogen) atoms. The normalized spacial score (nSPS) is 18.8. The Morgan fingerprint density at radius 2 is 1.68 bits per heavy atom. The molecule has 2 aliphatic heterocycles. The van der Waals surface area contributed by atoms with Gasteiger partial charge in [-0.25, -0.2) is 8.42 Å². The third-order valence-corrected chi connectivity index (χ3v) is 10.6. The van der Waals surface area contributed by atoms with Crippen molar-refractivity contribution >= 4 is 38.2 Å². The van der Waals surface area contributed by atoms with Crippen LogP contribution in [0.4, 0.5) is 5.00 Å². The van der Waals surface area contributed by atoms with Crippen molar-refractivity contribution in [3.63, 3.8) is 0 Å². The summed E-state index contributed by atoms with van der Waals surface area (Å²) in [5, 5.41) is 7.17. The van der Waals surface area contributed by atoms with Gasteiger partial charge in [0.25, 0.3) is 11.8 Å². The first-order valence-electron chi connectivity index (χ1n) is 13.0. The fourth-order valence-corrected chi connectivity index (χ4v) is 8.15. The smallest absolute Gasteiger partial charge is 0.257 e. The van der Waals surface area contributed by atoms with Crippen molar-refractivity contribution in [2.45, 2.75) is 63.9 Å². The van der Waals surface area contributed by atoms with E-state index in [1.807, 2.05) is 0 Å². The first-order valence-corrected chi connectivity index (χ1v) is 15.3. The van der Waals surface area contributed by atoms with Crippen LogP contribution >= 0.6 is 11.3 Å². The number of ether oxygens (including phenoxy) is 1. The topological polar surface area (TPSA) is 108 Å². The molecular formula is C27H38N4O5S2. The van der Waals surface area contributed by atoms with E-state index in [2.05, 4.69) is 38.3 Å². The van der Waals surface area contributed by atoms with E-state index < -0.39 is 15.9 Å². The van der Waals surface area contributed by atoms with Crippen molar-refractivity contribution in [1.82, 2.24) is 14.5 Å². The highest BCUT2D eigenvalue weighted by molar-refractivity contribution is 7.89. The molecule has 1 aromatic carbocycles. The van der Waals surface area contributed by atoms with Crippen LogP contribution < -0.4 is 10.6 Å². The molecule has 0 bridgehead atoms. The van der Waals surface area contributed by atoms with Crippen LogP contribution in [0.15, 0.2) is 29.2 Å². The molecule has 2 amide bonds. The van der Waals surface area contributed by atoms with E-state index in [1.165, 1.54) is 39.9 Å². The molecule has 2 aromatic rings. The minimum atomic E-state index is -3.62. The van der Waals surface area contributed by atoms with Gasteiger partial charge in [0.1, 0.15) is 5.00 Å². The molecular weight excluding hydrogens is 524 g/mol. The number of hydrogen-bond donors (Lipinski definition) is 2. The van der Waals surface area contributed by atoms with Gasteiger partial charge in [-0.2, -0.15) is 4.31 Å². The number of anilines is 1. The summed E-state index contributed by atoms with van der Waals surface area (Å²) in [6.45, 7) is 14.7. The van der Waals surface area contributed by atoms with E-state index in [-0.39, 0.29) is 21.9 Å². The number of nitrogens with zero attached hydrogens (tertiary/aromatic N) is 2. The van der Waals surface area contributed by atoms with Gasteiger partial charge >= 0.3 is 0 Å². The quantitative estimate of drug-likeness (QED) is 0.533. The first-order chi connectivity index (χ1) is 17.8. The van der Waals surface area contributed by atoms with Crippen molar-refractivity contribution in [2.24, 2.45) is 0 Å². The largest absolute Gasteiger partial charge is 0.378 e. The van der Waals surface area contributed by atoms with Crippen LogP contribution in [-0.2, 0) is 26.7 Å². The van der Waals surface area contributed by atoms with Gasteiger partial charge in [0.05, 0.1) is 23.7 Å². The van der Waals surface area contributed by atoms with Crippen LogP contribution in [0.3, 0.4) is 0 Å². The molecule has 208 valence electrons. The van der Waals surface area contributed by atoms with Crippen LogP contribution in [0, 0.1) is 0 Å². The van der Waals surface area contributed by atoms with Crippen molar-refractivity contribution < 1.29 is 22.7 Å². The molecule has 4 rings (SSSR count). The van der Waals surface area contributed by atoms with Crippen molar-refractivity contribution in [1.29, 1.82) is 0 Å². The van der Waals surface area contributed by atoms with Gasteiger partial charge in [0.15, 0.2) is 0 Å². The zero-order valence-corrected chi connectivity index (χ0v) is 24.6. The highest BCUT2D eigenvalue weighted by Gasteiger charge is 2.42. The lowest BCUT2D eigenvalue weighted by Crippen LogP contribution is -2.55. The number of nitrogens with one attached hydrogen (secondary N) is 2. The first kappa shape index (κ1) is 28.7. The van der Waals surface area contributed by atoms with Crippen molar-refractivity contribution in [3.05, 3.63) is 45.8 Å². The minimum Gasteiger partial charge on any atom is -0.378 e. The summed E-state index contributed by atoms with van der Waals surface area (Å²) >= 11 is 1.43. The van der Waals surface area contributed by atoms with Crippen LogP contribution in [0.5, 0.6) is 0 Å². The second kappa shape index (κ2) is 10.7. The Bertz CT molecular complexity index is 1310. The lowest BCUT2D eigenvalue weighted by atomic mass is 9.81. The molecule has 0 radical (unpaired) electrons. The molecule has 9 nitrogen and oxygen atoms in total. The molecule has 1 aromatic heterocycles. The van der Waals surface area contributed by atoms with E-state index in [0.29, 0.717) is 61.9 Å². The fourth-order valence-electron chi connectivity index (χ4n) is 5.43. The Morgan fingerprint density at radius 1 is 1.08 bits per heavy atom. The van der Waals surface area contributed by atoms with E-state index >= 15 is 0 Å². The Labute approximate surface area is 229 Å². The summed E-state index contributed by atoms with van der Waals surface area (Å²) in [5.41, 5.74) is 1.22. The third-order valence-electron chi connectivity index (χ3n) is 7.04. The summed E-state index contributed by atoms with van der Waals surface area (Å²) in [7, 11) is -3.62. The molecule has 1 fully saturated rings. The van der Waals surface area contributed by atoms with E-state index in [0.717, 1.165) is 10.4 Å². The van der Waals surface area contributed by atoms with E-state index in [1.54, 1.807) is 18.7 Å². The third kappa shape index (κ3) is 5.53. The Kier molecular flexibility index (Phi) is 8.07. The zero-order valence-electron chi connectivity index (χ0n) is 23.0. The average molecular weight is 563 g/mol. The molecule has 1 saturated heterocycles. The maximum absolute atomic E-state index is 13.8. The Balaban J connectivity index is 1.69. The summed E-state index contributed by atoms with van der Waals surface area (Å²) in [6, 6.07) is 5.93. The van der Waals surface area contributed by atoms with Crippen LogP contribution in [0.1, 0.15) is 72.7 Å². The number of fused-ring (bicyclic) bond motifs is 1. The molecule has 0 spiro atoms. The van der Waals surface area contributed by atoms with Crippen molar-refractivity contribution in [3.8, 4) is 0 Å². The lowest BCUT2D eigenvalue weighted by Gasteiger charge is -2.42. The van der Waals surface area contributed by atoms with Gasteiger partial charge in [-0.05, 0) is 63.9 Å². The SMILES string of the molecule is CCN(CC)S(=O)(=O)c1ccc(C(=O)Nc2sc3c(c2C(=O)N2CCOCC2)CC(C)(C)NC3(C)C)cc1. The number of morpholine rings is 1. The summed E-state index contributed by atoms with van der Waals surface area (Å²) in [5.74, 6) is -0.494. The molecule has 0 saturated carbocycles. The highest BCUT2D eigenvalue weighted by atomic mass is 32.2. The zero-order chi connectivity index (χ0) is 27.9. The van der Waals surface area contributed by atoms with Gasteiger partial charge in [-0.3, -0.25) is 9.59 Å². The second-order valence-electron chi connectivity index (χ2n) is 10.9. The van der Waals surface area contributed by atoms with Gasteiger partial charge in [0, 0.05) is 47.7 Å². The number of carbonyl (C=O) groups is 2. The number of benzene rings is 1. The Hall–Kier alpha value is -2.31. The summed E-state index contributed by atoms with van der Waals surface area (Å²) < 4.78 is 32.5. The van der Waals surface area contributed by atoms with Crippen LogP contribution in [0.25, 0.3) is 0 Å². The van der Waals surface area contributed by atoms with Gasteiger partial charge in [0.2, 0.25) is 10.0 Å². The second-order valence-corrected chi connectivity index (χ2v) is 13.9.